The Hall–Kier alpha value is -1.04. The minimum atomic E-state index is -4.68. The molecule has 0 unspecified atom stereocenters. The maximum Gasteiger partial charge on any atom is 0.351 e. The number of rotatable bonds is 1. The van der Waals surface area contributed by atoms with E-state index in [-0.39, 0.29) is 0 Å². The van der Waals surface area contributed by atoms with E-state index in [2.05, 4.69) is 10.2 Å². The fourth-order valence-corrected chi connectivity index (χ4v) is 0.803. The third kappa shape index (κ3) is 1.47. The zero-order valence-electron chi connectivity index (χ0n) is 4.73. The third-order valence-corrected chi connectivity index (χ3v) is 1.51. The van der Waals surface area contributed by atoms with Crippen LogP contribution in [0.25, 0.3) is 0 Å². The van der Waals surface area contributed by atoms with E-state index in [0.717, 1.165) is 6.07 Å². The van der Waals surface area contributed by atoms with Crippen LogP contribution in [0.4, 0.5) is 3.89 Å². The summed E-state index contributed by atoms with van der Waals surface area (Å²) in [6, 6.07) is 2.32. The molecule has 0 radical (unpaired) electrons. The van der Waals surface area contributed by atoms with E-state index in [9.17, 15) is 12.3 Å². The van der Waals surface area contributed by atoms with Gasteiger partial charge in [0.2, 0.25) is 5.03 Å². The SMILES string of the molecule is O=S(=O)(F)c1cccnn1. The van der Waals surface area contributed by atoms with Crippen molar-refractivity contribution in [2.45, 2.75) is 5.03 Å². The molecule has 0 atom stereocenters. The van der Waals surface area contributed by atoms with Gasteiger partial charge in [-0.15, -0.1) is 5.10 Å². The summed E-state index contributed by atoms with van der Waals surface area (Å²) in [5, 5.41) is 5.56. The van der Waals surface area contributed by atoms with E-state index in [4.69, 9.17) is 0 Å². The molecule has 1 heterocycles. The van der Waals surface area contributed by atoms with E-state index < -0.39 is 15.2 Å². The second-order valence-corrected chi connectivity index (χ2v) is 2.79. The summed E-state index contributed by atoms with van der Waals surface area (Å²) in [7, 11) is -4.68. The molecular formula is C4H3FN2O2S. The molecular weight excluding hydrogens is 159 g/mol. The summed E-state index contributed by atoms with van der Waals surface area (Å²) in [6.45, 7) is 0. The van der Waals surface area contributed by atoms with Crippen LogP contribution >= 0.6 is 0 Å². The quantitative estimate of drug-likeness (QED) is 0.551. The highest BCUT2D eigenvalue weighted by molar-refractivity contribution is 7.86. The van der Waals surface area contributed by atoms with Gasteiger partial charge >= 0.3 is 10.2 Å². The summed E-state index contributed by atoms with van der Waals surface area (Å²) in [6.07, 6.45) is 1.26. The van der Waals surface area contributed by atoms with E-state index in [1.165, 1.54) is 12.3 Å². The van der Waals surface area contributed by atoms with Crippen molar-refractivity contribution in [1.29, 1.82) is 0 Å². The Bertz CT molecular complexity index is 309. The largest absolute Gasteiger partial charge is 0.351 e. The number of aromatic nitrogens is 2. The molecule has 0 saturated carbocycles. The van der Waals surface area contributed by atoms with Gasteiger partial charge in [0.1, 0.15) is 0 Å². The molecule has 1 rings (SSSR count). The van der Waals surface area contributed by atoms with Gasteiger partial charge < -0.3 is 0 Å². The molecule has 0 fully saturated rings. The van der Waals surface area contributed by atoms with Crippen LogP contribution in [0.3, 0.4) is 0 Å². The van der Waals surface area contributed by atoms with Gasteiger partial charge in [0.05, 0.1) is 0 Å². The standard InChI is InChI=1S/C4H3FN2O2S/c5-10(8,9)4-2-1-3-6-7-4/h1-3H. The van der Waals surface area contributed by atoms with Crippen molar-refractivity contribution < 1.29 is 12.3 Å². The van der Waals surface area contributed by atoms with Gasteiger partial charge in [-0.2, -0.15) is 13.5 Å². The van der Waals surface area contributed by atoms with Crippen LogP contribution in [-0.4, -0.2) is 18.6 Å². The summed E-state index contributed by atoms with van der Waals surface area (Å²) >= 11 is 0. The van der Waals surface area contributed by atoms with Crippen LogP contribution in [0, 0.1) is 0 Å². The molecule has 0 bridgehead atoms. The molecule has 0 aliphatic rings. The highest BCUT2D eigenvalue weighted by Crippen LogP contribution is 2.04. The van der Waals surface area contributed by atoms with Crippen molar-refractivity contribution in [1.82, 2.24) is 10.2 Å². The second-order valence-electron chi connectivity index (χ2n) is 1.50. The zero-order chi connectivity index (χ0) is 7.61. The number of nitrogens with zero attached hydrogens (tertiary/aromatic N) is 2. The maximum atomic E-state index is 12.0. The van der Waals surface area contributed by atoms with Crippen molar-refractivity contribution in [3.63, 3.8) is 0 Å². The van der Waals surface area contributed by atoms with Gasteiger partial charge in [-0.25, -0.2) is 0 Å². The van der Waals surface area contributed by atoms with Crippen molar-refractivity contribution in [3.8, 4) is 0 Å². The normalized spacial score (nSPS) is 11.3. The highest BCUT2D eigenvalue weighted by Gasteiger charge is 2.12. The molecule has 1 aromatic heterocycles. The summed E-state index contributed by atoms with van der Waals surface area (Å²) in [5.41, 5.74) is 0. The van der Waals surface area contributed by atoms with Gasteiger partial charge in [-0.05, 0) is 12.1 Å². The maximum absolute atomic E-state index is 12.0. The number of hydrogen-bond acceptors (Lipinski definition) is 4. The first-order valence-corrected chi connectivity index (χ1v) is 3.71. The van der Waals surface area contributed by atoms with E-state index in [1.807, 2.05) is 0 Å². The Morgan fingerprint density at radius 2 is 2.20 bits per heavy atom. The zero-order valence-corrected chi connectivity index (χ0v) is 5.55. The van der Waals surface area contributed by atoms with E-state index in [1.54, 1.807) is 0 Å². The second kappa shape index (κ2) is 2.30. The summed E-state index contributed by atoms with van der Waals surface area (Å²) in [5.74, 6) is 0. The predicted molar refractivity (Wildman–Crippen MR) is 30.3 cm³/mol. The molecule has 0 spiro atoms. The molecule has 0 amide bonds. The topological polar surface area (TPSA) is 59.9 Å². The highest BCUT2D eigenvalue weighted by atomic mass is 32.3. The lowest BCUT2D eigenvalue weighted by molar-refractivity contribution is 0.545. The first kappa shape index (κ1) is 7.07. The predicted octanol–water partition coefficient (Wildman–Crippen LogP) is 0.135. The van der Waals surface area contributed by atoms with Crippen LogP contribution in [0.15, 0.2) is 23.4 Å². The summed E-state index contributed by atoms with van der Waals surface area (Å²) in [4.78, 5) is 0. The molecule has 0 N–H and O–H groups in total. The monoisotopic (exact) mass is 162 g/mol. The Balaban J connectivity index is 3.22. The fraction of sp³-hybridized carbons (Fsp3) is 0. The lowest BCUT2D eigenvalue weighted by atomic mass is 10.6. The number of hydrogen-bond donors (Lipinski definition) is 0. The van der Waals surface area contributed by atoms with Gasteiger partial charge in [0, 0.05) is 6.20 Å². The minimum absolute atomic E-state index is 0.657. The first-order valence-electron chi connectivity index (χ1n) is 2.33. The van der Waals surface area contributed by atoms with Gasteiger partial charge in [0.25, 0.3) is 0 Å². The van der Waals surface area contributed by atoms with Crippen LogP contribution in [-0.2, 0) is 10.2 Å². The Labute approximate surface area is 56.9 Å². The summed E-state index contributed by atoms with van der Waals surface area (Å²) < 4.78 is 32.1. The van der Waals surface area contributed by atoms with Crippen molar-refractivity contribution in [3.05, 3.63) is 18.3 Å². The van der Waals surface area contributed by atoms with Crippen molar-refractivity contribution >= 4 is 10.2 Å². The van der Waals surface area contributed by atoms with Gasteiger partial charge in [-0.1, -0.05) is 3.89 Å². The Morgan fingerprint density at radius 1 is 1.50 bits per heavy atom. The van der Waals surface area contributed by atoms with Crippen molar-refractivity contribution in [2.24, 2.45) is 0 Å². The lowest BCUT2D eigenvalue weighted by Gasteiger charge is -1.87. The Kier molecular flexibility index (Phi) is 1.62. The molecule has 6 heteroatoms. The molecule has 54 valence electrons. The smallest absolute Gasteiger partial charge is 0.188 e. The molecule has 4 nitrogen and oxygen atoms in total. The average molecular weight is 162 g/mol. The molecule has 10 heavy (non-hydrogen) atoms. The van der Waals surface area contributed by atoms with Crippen LogP contribution < -0.4 is 0 Å². The van der Waals surface area contributed by atoms with Crippen LogP contribution in [0.1, 0.15) is 0 Å². The number of halogens is 1. The van der Waals surface area contributed by atoms with Crippen molar-refractivity contribution in [2.75, 3.05) is 0 Å². The fourth-order valence-electron chi connectivity index (χ4n) is 0.417. The van der Waals surface area contributed by atoms with Gasteiger partial charge in [0.15, 0.2) is 0 Å². The third-order valence-electron chi connectivity index (χ3n) is 0.798. The van der Waals surface area contributed by atoms with E-state index >= 15 is 0 Å². The molecule has 0 aromatic carbocycles. The molecule has 0 aliphatic heterocycles. The lowest BCUT2D eigenvalue weighted by Crippen LogP contribution is -1.96. The molecule has 0 saturated heterocycles. The Morgan fingerprint density at radius 3 is 2.50 bits per heavy atom. The molecule has 1 aromatic rings. The minimum Gasteiger partial charge on any atom is -0.188 e. The average Bonchev–Trinajstić information content (AvgIpc) is 1.88. The van der Waals surface area contributed by atoms with Crippen LogP contribution in [0.2, 0.25) is 0 Å². The first-order chi connectivity index (χ1) is 4.61. The molecule has 0 aliphatic carbocycles. The van der Waals surface area contributed by atoms with Crippen LogP contribution in [0.5, 0.6) is 0 Å². The van der Waals surface area contributed by atoms with Gasteiger partial charge in [-0.3, -0.25) is 0 Å². The van der Waals surface area contributed by atoms with E-state index in [0.29, 0.717) is 0 Å².